The van der Waals surface area contributed by atoms with Gasteiger partial charge in [0.25, 0.3) is 0 Å². The van der Waals surface area contributed by atoms with Gasteiger partial charge in [0, 0.05) is 17.6 Å². The van der Waals surface area contributed by atoms with Crippen LogP contribution in [0.1, 0.15) is 25.3 Å². The topological polar surface area (TPSA) is 47.3 Å². The third-order valence-corrected chi connectivity index (χ3v) is 3.07. The lowest BCUT2D eigenvalue weighted by Gasteiger charge is -2.25. The van der Waals surface area contributed by atoms with Crippen molar-refractivity contribution in [2.24, 2.45) is 0 Å². The van der Waals surface area contributed by atoms with Crippen molar-refractivity contribution in [3.8, 4) is 6.07 Å². The van der Waals surface area contributed by atoms with Crippen LogP contribution in [0.5, 0.6) is 0 Å². The maximum atomic E-state index is 9.10. The second kappa shape index (κ2) is 7.31. The van der Waals surface area contributed by atoms with Crippen molar-refractivity contribution in [3.05, 3.63) is 28.2 Å². The van der Waals surface area contributed by atoms with Gasteiger partial charge in [0.05, 0.1) is 17.9 Å². The molecule has 0 bridgehead atoms. The number of anilines is 1. The molecule has 1 rings (SSSR count). The average Bonchev–Trinajstić information content (AvgIpc) is 2.34. The van der Waals surface area contributed by atoms with Crippen molar-refractivity contribution in [1.82, 2.24) is 0 Å². The van der Waals surface area contributed by atoms with Crippen molar-refractivity contribution in [2.45, 2.75) is 19.8 Å². The Morgan fingerprint density at radius 2 is 2.18 bits per heavy atom. The van der Waals surface area contributed by atoms with Gasteiger partial charge in [-0.1, -0.05) is 29.3 Å². The minimum Gasteiger partial charge on any atom is -0.395 e. The van der Waals surface area contributed by atoms with Crippen LogP contribution >= 0.6 is 15.9 Å². The SMILES string of the molecule is CCCCN(CCO)c1cc(Br)ccc1C#N. The highest BCUT2D eigenvalue weighted by Gasteiger charge is 2.10. The summed E-state index contributed by atoms with van der Waals surface area (Å²) in [5.74, 6) is 0. The fourth-order valence-electron chi connectivity index (χ4n) is 1.68. The van der Waals surface area contributed by atoms with Crippen molar-refractivity contribution in [2.75, 3.05) is 24.6 Å². The number of aliphatic hydroxyl groups excluding tert-OH is 1. The van der Waals surface area contributed by atoms with E-state index >= 15 is 0 Å². The normalized spacial score (nSPS) is 10.0. The minimum absolute atomic E-state index is 0.0983. The zero-order chi connectivity index (χ0) is 12.7. The number of hydrogen-bond acceptors (Lipinski definition) is 3. The lowest BCUT2D eigenvalue weighted by molar-refractivity contribution is 0.301. The van der Waals surface area contributed by atoms with Crippen LogP contribution in [0, 0.1) is 11.3 Å². The van der Waals surface area contributed by atoms with Crippen LogP contribution < -0.4 is 4.90 Å². The first-order valence-electron chi connectivity index (χ1n) is 5.78. The summed E-state index contributed by atoms with van der Waals surface area (Å²) in [6, 6.07) is 7.79. The molecule has 0 heterocycles. The Kier molecular flexibility index (Phi) is 6.03. The van der Waals surface area contributed by atoms with E-state index in [9.17, 15) is 0 Å². The van der Waals surface area contributed by atoms with Crippen LogP contribution in [0.3, 0.4) is 0 Å². The Hall–Kier alpha value is -1.05. The molecule has 0 fully saturated rings. The largest absolute Gasteiger partial charge is 0.395 e. The Labute approximate surface area is 111 Å². The molecule has 3 nitrogen and oxygen atoms in total. The summed E-state index contributed by atoms with van der Waals surface area (Å²) in [6.07, 6.45) is 2.15. The van der Waals surface area contributed by atoms with Gasteiger partial charge >= 0.3 is 0 Å². The smallest absolute Gasteiger partial charge is 0.101 e. The number of nitriles is 1. The molecule has 0 aliphatic carbocycles. The number of unbranched alkanes of at least 4 members (excludes halogenated alkanes) is 1. The van der Waals surface area contributed by atoms with Gasteiger partial charge in [0.2, 0.25) is 0 Å². The molecule has 1 N–H and O–H groups in total. The lowest BCUT2D eigenvalue weighted by Crippen LogP contribution is -2.28. The number of hydrogen-bond donors (Lipinski definition) is 1. The molecule has 0 saturated carbocycles. The molecule has 0 radical (unpaired) electrons. The molecule has 0 unspecified atom stereocenters. The van der Waals surface area contributed by atoms with E-state index in [4.69, 9.17) is 10.4 Å². The first kappa shape index (κ1) is 14.0. The van der Waals surface area contributed by atoms with Crippen LogP contribution in [-0.2, 0) is 0 Å². The Bertz CT molecular complexity index is 401. The highest BCUT2D eigenvalue weighted by Crippen LogP contribution is 2.25. The summed E-state index contributed by atoms with van der Waals surface area (Å²) in [6.45, 7) is 3.65. The Morgan fingerprint density at radius 3 is 2.76 bits per heavy atom. The number of nitrogens with zero attached hydrogens (tertiary/aromatic N) is 2. The second-order valence-corrected chi connectivity index (χ2v) is 4.75. The zero-order valence-corrected chi connectivity index (χ0v) is 11.6. The Balaban J connectivity index is 2.99. The fourth-order valence-corrected chi connectivity index (χ4v) is 2.03. The highest BCUT2D eigenvalue weighted by molar-refractivity contribution is 9.10. The molecule has 0 amide bonds. The van der Waals surface area contributed by atoms with E-state index in [0.717, 1.165) is 29.5 Å². The van der Waals surface area contributed by atoms with Gasteiger partial charge in [-0.05, 0) is 24.6 Å². The van der Waals surface area contributed by atoms with Gasteiger partial charge in [-0.25, -0.2) is 0 Å². The van der Waals surface area contributed by atoms with E-state index in [1.165, 1.54) is 0 Å². The van der Waals surface area contributed by atoms with Crippen LogP contribution in [0.4, 0.5) is 5.69 Å². The van der Waals surface area contributed by atoms with E-state index in [0.29, 0.717) is 12.1 Å². The highest BCUT2D eigenvalue weighted by atomic mass is 79.9. The molecule has 92 valence electrons. The first-order chi connectivity index (χ1) is 8.22. The molecule has 1 aromatic rings. The monoisotopic (exact) mass is 296 g/mol. The summed E-state index contributed by atoms with van der Waals surface area (Å²) < 4.78 is 0.950. The molecular formula is C13H17BrN2O. The van der Waals surface area contributed by atoms with Crippen molar-refractivity contribution in [3.63, 3.8) is 0 Å². The van der Waals surface area contributed by atoms with Crippen LogP contribution in [0.15, 0.2) is 22.7 Å². The molecule has 0 saturated heterocycles. The number of benzene rings is 1. The summed E-state index contributed by atoms with van der Waals surface area (Å²) in [5, 5.41) is 18.2. The van der Waals surface area contributed by atoms with Crippen LogP contribution in [0.2, 0.25) is 0 Å². The zero-order valence-electron chi connectivity index (χ0n) is 9.99. The van der Waals surface area contributed by atoms with Gasteiger partial charge in [-0.15, -0.1) is 0 Å². The molecule has 1 aromatic carbocycles. The number of halogens is 1. The maximum Gasteiger partial charge on any atom is 0.101 e. The minimum atomic E-state index is 0.0983. The predicted octanol–water partition coefficient (Wildman–Crippen LogP) is 2.92. The summed E-state index contributed by atoms with van der Waals surface area (Å²) in [4.78, 5) is 2.06. The molecule has 0 aliphatic heterocycles. The third-order valence-electron chi connectivity index (χ3n) is 2.57. The van der Waals surface area contributed by atoms with Crippen molar-refractivity contribution in [1.29, 1.82) is 5.26 Å². The van der Waals surface area contributed by atoms with Gasteiger partial charge < -0.3 is 10.0 Å². The molecule has 17 heavy (non-hydrogen) atoms. The van der Waals surface area contributed by atoms with E-state index in [-0.39, 0.29) is 6.61 Å². The quantitative estimate of drug-likeness (QED) is 0.878. The van der Waals surface area contributed by atoms with Crippen molar-refractivity contribution >= 4 is 21.6 Å². The predicted molar refractivity (Wildman–Crippen MR) is 73.1 cm³/mol. The average molecular weight is 297 g/mol. The van der Waals surface area contributed by atoms with Gasteiger partial charge in [-0.3, -0.25) is 0 Å². The number of rotatable bonds is 6. The van der Waals surface area contributed by atoms with Crippen LogP contribution in [-0.4, -0.2) is 24.8 Å². The van der Waals surface area contributed by atoms with Crippen LogP contribution in [0.25, 0.3) is 0 Å². The summed E-state index contributed by atoms with van der Waals surface area (Å²) in [5.41, 5.74) is 1.54. The molecule has 0 aromatic heterocycles. The van der Waals surface area contributed by atoms with Crippen molar-refractivity contribution < 1.29 is 5.11 Å². The molecule has 0 aliphatic rings. The van der Waals surface area contributed by atoms with Gasteiger partial charge in [0.15, 0.2) is 0 Å². The summed E-state index contributed by atoms with van der Waals surface area (Å²) in [7, 11) is 0. The van der Waals surface area contributed by atoms with E-state index in [2.05, 4.69) is 33.8 Å². The molecule has 4 heteroatoms. The van der Waals surface area contributed by atoms with Gasteiger partial charge in [0.1, 0.15) is 6.07 Å². The lowest BCUT2D eigenvalue weighted by atomic mass is 10.1. The first-order valence-corrected chi connectivity index (χ1v) is 6.57. The molecular weight excluding hydrogens is 280 g/mol. The fraction of sp³-hybridized carbons (Fsp3) is 0.462. The van der Waals surface area contributed by atoms with Gasteiger partial charge in [-0.2, -0.15) is 5.26 Å². The number of aliphatic hydroxyl groups is 1. The Morgan fingerprint density at radius 1 is 1.41 bits per heavy atom. The second-order valence-electron chi connectivity index (χ2n) is 3.84. The molecule has 0 spiro atoms. The van der Waals surface area contributed by atoms with E-state index in [1.54, 1.807) is 6.07 Å². The molecule has 0 atom stereocenters. The van der Waals surface area contributed by atoms with E-state index in [1.807, 2.05) is 12.1 Å². The third kappa shape index (κ3) is 4.03. The van der Waals surface area contributed by atoms with E-state index < -0.39 is 0 Å². The maximum absolute atomic E-state index is 9.10. The standard InChI is InChI=1S/C13H17BrN2O/c1-2-3-6-16(7-8-17)13-9-12(14)5-4-11(13)10-15/h4-5,9,17H,2-3,6-8H2,1H3. The summed E-state index contributed by atoms with van der Waals surface area (Å²) >= 11 is 3.41.